The van der Waals surface area contributed by atoms with Gasteiger partial charge in [0.05, 0.1) is 6.61 Å². The Morgan fingerprint density at radius 2 is 1.70 bits per heavy atom. The normalized spacial score (nSPS) is 27.4. The second-order valence-corrected chi connectivity index (χ2v) is 8.23. The van der Waals surface area contributed by atoms with Crippen molar-refractivity contribution < 1.29 is 54.1 Å². The Balaban J connectivity index is 2.31. The molecule has 1 aromatic carbocycles. The molecule has 30 heavy (non-hydrogen) atoms. The summed E-state index contributed by atoms with van der Waals surface area (Å²) in [5.74, 6) is -0.483. The topological polar surface area (TPSA) is 206 Å². The van der Waals surface area contributed by atoms with Gasteiger partial charge >= 0.3 is 20.8 Å². The molecule has 1 amide bonds. The van der Waals surface area contributed by atoms with Crippen LogP contribution in [0.25, 0.3) is 0 Å². The third-order valence-electron chi connectivity index (χ3n) is 3.99. The van der Waals surface area contributed by atoms with Crippen molar-refractivity contribution in [2.75, 3.05) is 11.9 Å². The maximum Gasteiger partial charge on any atom is 0.397 e. The lowest BCUT2D eigenvalue weighted by Crippen LogP contribution is -2.57. The molecule has 0 aromatic heterocycles. The molecule has 5 N–H and O–H groups in total. The lowest BCUT2D eigenvalue weighted by molar-refractivity contribution is -0.223. The fraction of sp³-hybridized carbons (Fsp3) is 0.400. The molecule has 0 bridgehead atoms. The van der Waals surface area contributed by atoms with Crippen LogP contribution in [-0.2, 0) is 38.7 Å². The Kier molecular flexibility index (Phi) is 7.67. The molecule has 13 nitrogen and oxygen atoms in total. The molecule has 1 heterocycles. The zero-order valence-electron chi connectivity index (χ0n) is 15.1. The molecule has 0 aliphatic carbocycles. The first-order valence-electron chi connectivity index (χ1n) is 8.13. The summed E-state index contributed by atoms with van der Waals surface area (Å²) in [5.41, 5.74) is 0.567. The van der Waals surface area contributed by atoms with Crippen LogP contribution in [0.1, 0.15) is 11.7 Å². The average molecular weight is 469 g/mol. The quantitative estimate of drug-likeness (QED) is 0.229. The van der Waals surface area contributed by atoms with Crippen molar-refractivity contribution in [1.82, 2.24) is 0 Å². The minimum atomic E-state index is -5.13. The van der Waals surface area contributed by atoms with Gasteiger partial charge in [0.2, 0.25) is 5.91 Å². The van der Waals surface area contributed by atoms with Gasteiger partial charge in [0.25, 0.3) is 0 Å². The van der Waals surface area contributed by atoms with E-state index in [-0.39, 0.29) is 5.56 Å². The third-order valence-corrected chi connectivity index (χ3v) is 4.89. The van der Waals surface area contributed by atoms with Crippen LogP contribution in [0.3, 0.4) is 0 Å². The number of carbonyl (C=O) groups is 1. The van der Waals surface area contributed by atoms with Gasteiger partial charge in [0.1, 0.15) is 30.5 Å². The number of hydrogen-bond acceptors (Lipinski definition) is 10. The highest BCUT2D eigenvalue weighted by atomic mass is 32.3. The number of aliphatic hydroxyl groups excluding tert-OH is 2. The molecular formula is C15H19NO12S2. The van der Waals surface area contributed by atoms with E-state index >= 15 is 0 Å². The van der Waals surface area contributed by atoms with Crippen LogP contribution in [-0.4, -0.2) is 73.1 Å². The van der Waals surface area contributed by atoms with Crippen molar-refractivity contribution in [2.45, 2.75) is 30.5 Å². The number of anilines is 1. The van der Waals surface area contributed by atoms with Crippen LogP contribution < -0.4 is 5.32 Å². The first-order chi connectivity index (χ1) is 13.8. The van der Waals surface area contributed by atoms with Gasteiger partial charge in [-0.1, -0.05) is 18.7 Å². The summed E-state index contributed by atoms with van der Waals surface area (Å²) >= 11 is 0. The summed E-state index contributed by atoms with van der Waals surface area (Å²) in [6.07, 6.45) is -7.69. The van der Waals surface area contributed by atoms with Crippen LogP contribution in [0, 0.1) is 0 Å². The van der Waals surface area contributed by atoms with E-state index in [0.717, 1.165) is 6.08 Å². The van der Waals surface area contributed by atoms with Crippen molar-refractivity contribution in [3.8, 4) is 0 Å². The van der Waals surface area contributed by atoms with Crippen LogP contribution in [0.2, 0.25) is 0 Å². The molecule has 1 aromatic rings. The van der Waals surface area contributed by atoms with Gasteiger partial charge in [-0.3, -0.25) is 13.9 Å². The van der Waals surface area contributed by atoms with Crippen molar-refractivity contribution in [1.29, 1.82) is 0 Å². The maximum atomic E-state index is 11.3. The molecule has 5 atom stereocenters. The molecule has 0 saturated carbocycles. The molecule has 0 radical (unpaired) electrons. The second kappa shape index (κ2) is 9.46. The zero-order chi connectivity index (χ0) is 22.7. The predicted molar refractivity (Wildman–Crippen MR) is 98.8 cm³/mol. The number of nitrogens with one attached hydrogen (secondary N) is 1. The van der Waals surface area contributed by atoms with Gasteiger partial charge in [-0.05, 0) is 23.8 Å². The molecule has 0 spiro atoms. The van der Waals surface area contributed by atoms with E-state index in [0.29, 0.717) is 5.69 Å². The molecule has 168 valence electrons. The number of benzene rings is 1. The van der Waals surface area contributed by atoms with E-state index in [1.54, 1.807) is 0 Å². The Bertz CT molecular complexity index is 975. The average Bonchev–Trinajstić information content (AvgIpc) is 2.63. The van der Waals surface area contributed by atoms with Crippen LogP contribution in [0.4, 0.5) is 5.69 Å². The lowest BCUT2D eigenvalue weighted by Gasteiger charge is -2.41. The van der Waals surface area contributed by atoms with Gasteiger partial charge in [0.15, 0.2) is 0 Å². The van der Waals surface area contributed by atoms with Crippen molar-refractivity contribution in [3.05, 3.63) is 42.5 Å². The van der Waals surface area contributed by atoms with E-state index in [1.165, 1.54) is 24.3 Å². The Labute approximate surface area is 171 Å². The summed E-state index contributed by atoms with van der Waals surface area (Å²) in [6, 6.07) is 5.60. The molecule has 1 aliphatic heterocycles. The number of carbonyl (C=O) groups excluding carboxylic acids is 1. The highest BCUT2D eigenvalue weighted by molar-refractivity contribution is 7.81. The fourth-order valence-electron chi connectivity index (χ4n) is 2.71. The molecular weight excluding hydrogens is 450 g/mol. The van der Waals surface area contributed by atoms with E-state index < -0.39 is 63.8 Å². The first kappa shape index (κ1) is 24.3. The second-order valence-electron chi connectivity index (χ2n) is 6.09. The molecule has 1 fully saturated rings. The maximum absolute atomic E-state index is 11.3. The monoisotopic (exact) mass is 469 g/mol. The first-order valence-corrected chi connectivity index (χ1v) is 10.9. The summed E-state index contributed by atoms with van der Waals surface area (Å²) < 4.78 is 75.3. The standard InChI is InChI=1S/C15H19NO12S2/c1-2-11(17)16-9-5-3-8(4-6-9)14-13(19)15(28-30(23,24)25)12(18)10(27-14)7-26-29(20,21)22/h2-6,10,12-15,18-19H,1,7H2,(H,16,17)(H,20,21,22)(H,23,24,25)/t10-,12+,13+,14+,15+/m1/s1. The summed E-state index contributed by atoms with van der Waals surface area (Å²) in [7, 11) is -10.1. The lowest BCUT2D eigenvalue weighted by atomic mass is 9.91. The Morgan fingerprint density at radius 3 is 2.20 bits per heavy atom. The highest BCUT2D eigenvalue weighted by Gasteiger charge is 2.48. The van der Waals surface area contributed by atoms with Crippen molar-refractivity contribution in [2.24, 2.45) is 0 Å². The van der Waals surface area contributed by atoms with Crippen molar-refractivity contribution in [3.63, 3.8) is 0 Å². The summed E-state index contributed by atoms with van der Waals surface area (Å²) in [6.45, 7) is 2.34. The van der Waals surface area contributed by atoms with Gasteiger partial charge in [0, 0.05) is 5.69 Å². The minimum absolute atomic E-state index is 0.215. The SMILES string of the molecule is C=CC(=O)Nc1ccc([C@@H]2O[C@H](COS(=O)(=O)O)[C@H](O)[C@H](OS(=O)(=O)O)[C@H]2O)cc1. The van der Waals surface area contributed by atoms with Gasteiger partial charge in [-0.25, -0.2) is 8.37 Å². The van der Waals surface area contributed by atoms with Crippen molar-refractivity contribution >= 4 is 32.4 Å². The van der Waals surface area contributed by atoms with E-state index in [1.807, 2.05) is 0 Å². The Hall–Kier alpha value is -1.95. The largest absolute Gasteiger partial charge is 0.397 e. The minimum Gasteiger partial charge on any atom is -0.387 e. The predicted octanol–water partition coefficient (Wildman–Crippen LogP) is -1.02. The number of rotatable bonds is 8. The van der Waals surface area contributed by atoms with Gasteiger partial charge in [-0.15, -0.1) is 0 Å². The highest BCUT2D eigenvalue weighted by Crippen LogP contribution is 2.35. The zero-order valence-corrected chi connectivity index (χ0v) is 16.7. The van der Waals surface area contributed by atoms with Gasteiger partial charge < -0.3 is 20.3 Å². The summed E-state index contributed by atoms with van der Waals surface area (Å²) in [4.78, 5) is 11.3. The van der Waals surface area contributed by atoms with Crippen LogP contribution in [0.15, 0.2) is 36.9 Å². The number of aliphatic hydroxyl groups is 2. The van der Waals surface area contributed by atoms with E-state index in [9.17, 15) is 31.8 Å². The third kappa shape index (κ3) is 6.79. The van der Waals surface area contributed by atoms with Gasteiger partial charge in [-0.2, -0.15) is 16.8 Å². The van der Waals surface area contributed by atoms with Crippen LogP contribution >= 0.6 is 0 Å². The number of amides is 1. The van der Waals surface area contributed by atoms with E-state index in [2.05, 4.69) is 20.3 Å². The Morgan fingerprint density at radius 1 is 1.10 bits per heavy atom. The summed E-state index contributed by atoms with van der Waals surface area (Å²) in [5, 5.41) is 23.1. The van der Waals surface area contributed by atoms with E-state index in [4.69, 9.17) is 13.8 Å². The number of ether oxygens (including phenoxy) is 1. The number of hydrogen-bond donors (Lipinski definition) is 5. The fourth-order valence-corrected chi connectivity index (χ4v) is 3.52. The molecule has 15 heteroatoms. The van der Waals surface area contributed by atoms with Crippen LogP contribution in [0.5, 0.6) is 0 Å². The molecule has 2 rings (SSSR count). The molecule has 0 unspecified atom stereocenters. The smallest absolute Gasteiger partial charge is 0.387 e. The molecule has 1 aliphatic rings. The molecule has 1 saturated heterocycles.